The molecule has 0 saturated heterocycles. The minimum Gasteiger partial charge on any atom is -0.255 e. The second-order valence-electron chi connectivity index (χ2n) is 4.92. The summed E-state index contributed by atoms with van der Waals surface area (Å²) in [6.07, 6.45) is 3.49. The van der Waals surface area contributed by atoms with E-state index in [0.717, 1.165) is 17.1 Å². The molecule has 0 radical (unpaired) electrons. The van der Waals surface area contributed by atoms with Gasteiger partial charge in [-0.15, -0.1) is 0 Å². The number of nitrogens with zero attached hydrogens (tertiary/aromatic N) is 1. The van der Waals surface area contributed by atoms with Gasteiger partial charge in [0.25, 0.3) is 0 Å². The van der Waals surface area contributed by atoms with Gasteiger partial charge in [0.05, 0.1) is 10.7 Å². The van der Waals surface area contributed by atoms with Crippen LogP contribution in [0.25, 0.3) is 0 Å². The second-order valence-corrected chi connectivity index (χ2v) is 5.33. The first kappa shape index (κ1) is 11.7. The Bertz CT molecular complexity index is 432. The third-order valence-corrected chi connectivity index (χ3v) is 3.70. The number of rotatable bonds is 3. The van der Waals surface area contributed by atoms with Gasteiger partial charge in [0.2, 0.25) is 0 Å². The molecule has 0 unspecified atom stereocenters. The number of para-hydroxylation sites is 1. The fraction of sp³-hybridized carbons (Fsp3) is 0.500. The summed E-state index contributed by atoms with van der Waals surface area (Å²) in [6, 6.07) is 6.08. The van der Waals surface area contributed by atoms with Crippen molar-refractivity contribution in [2.45, 2.75) is 45.4 Å². The quantitative estimate of drug-likeness (QED) is 0.707. The van der Waals surface area contributed by atoms with E-state index in [1.165, 1.54) is 24.1 Å². The Morgan fingerprint density at radius 3 is 2.69 bits per heavy atom. The summed E-state index contributed by atoms with van der Waals surface area (Å²) in [6.45, 7) is 6.69. The summed E-state index contributed by atoms with van der Waals surface area (Å²) in [5.41, 5.74) is 3.58. The molecule has 16 heavy (non-hydrogen) atoms. The fourth-order valence-corrected chi connectivity index (χ4v) is 2.49. The molecule has 1 nitrogen and oxygen atoms in total. The largest absolute Gasteiger partial charge is 0.255 e. The standard InChI is InChI=1S/C14H18ClN/c1-4-5-9-12-14(2,3)10-7-6-8-11(15)13(10)16-12/h6-8H,4-5,9H2,1-3H3. The van der Waals surface area contributed by atoms with E-state index in [4.69, 9.17) is 16.6 Å². The van der Waals surface area contributed by atoms with Gasteiger partial charge in [0.1, 0.15) is 0 Å². The molecule has 0 amide bonds. The van der Waals surface area contributed by atoms with Crippen LogP contribution in [0.5, 0.6) is 0 Å². The molecule has 0 atom stereocenters. The highest BCUT2D eigenvalue weighted by atomic mass is 35.5. The van der Waals surface area contributed by atoms with Crippen LogP contribution < -0.4 is 0 Å². The molecule has 2 rings (SSSR count). The van der Waals surface area contributed by atoms with E-state index < -0.39 is 0 Å². The van der Waals surface area contributed by atoms with E-state index in [1.807, 2.05) is 12.1 Å². The lowest BCUT2D eigenvalue weighted by molar-refractivity contribution is 0.700. The zero-order chi connectivity index (χ0) is 11.8. The highest BCUT2D eigenvalue weighted by Gasteiger charge is 2.34. The zero-order valence-electron chi connectivity index (χ0n) is 10.2. The number of hydrogen-bond donors (Lipinski definition) is 0. The molecular formula is C14H18ClN. The van der Waals surface area contributed by atoms with E-state index in [9.17, 15) is 0 Å². The van der Waals surface area contributed by atoms with Gasteiger partial charge in [-0.25, -0.2) is 0 Å². The topological polar surface area (TPSA) is 12.4 Å². The third kappa shape index (κ3) is 1.78. The molecule has 1 aromatic carbocycles. The minimum atomic E-state index is 0.0510. The molecule has 0 N–H and O–H groups in total. The molecular weight excluding hydrogens is 218 g/mol. The van der Waals surface area contributed by atoms with Crippen LogP contribution in [0.1, 0.15) is 45.6 Å². The monoisotopic (exact) mass is 235 g/mol. The lowest BCUT2D eigenvalue weighted by atomic mass is 9.80. The first-order valence-electron chi connectivity index (χ1n) is 5.94. The Balaban J connectivity index is 2.40. The predicted molar refractivity (Wildman–Crippen MR) is 71.1 cm³/mol. The van der Waals surface area contributed by atoms with Crippen molar-refractivity contribution in [2.75, 3.05) is 0 Å². The van der Waals surface area contributed by atoms with Crippen LogP contribution in [0.15, 0.2) is 23.2 Å². The van der Waals surface area contributed by atoms with Crippen molar-refractivity contribution < 1.29 is 0 Å². The Morgan fingerprint density at radius 1 is 1.31 bits per heavy atom. The predicted octanol–water partition coefficient (Wildman–Crippen LogP) is 4.89. The van der Waals surface area contributed by atoms with Crippen LogP contribution in [0.3, 0.4) is 0 Å². The molecule has 0 aliphatic carbocycles. The summed E-state index contributed by atoms with van der Waals surface area (Å²) in [4.78, 5) is 4.73. The van der Waals surface area contributed by atoms with Gasteiger partial charge in [0.15, 0.2) is 0 Å². The van der Waals surface area contributed by atoms with Crippen LogP contribution in [0.4, 0.5) is 5.69 Å². The summed E-state index contributed by atoms with van der Waals surface area (Å²) in [5.74, 6) is 0. The Labute approximate surface area is 103 Å². The lowest BCUT2D eigenvalue weighted by Crippen LogP contribution is -2.25. The maximum absolute atomic E-state index is 6.19. The second kappa shape index (κ2) is 4.21. The molecule has 1 heterocycles. The number of halogens is 1. The number of hydrogen-bond acceptors (Lipinski definition) is 1. The van der Waals surface area contributed by atoms with Crippen LogP contribution in [0.2, 0.25) is 5.02 Å². The van der Waals surface area contributed by atoms with Crippen LogP contribution >= 0.6 is 11.6 Å². The van der Waals surface area contributed by atoms with Crippen molar-refractivity contribution in [1.82, 2.24) is 0 Å². The normalized spacial score (nSPS) is 17.1. The summed E-state index contributed by atoms with van der Waals surface area (Å²) in [7, 11) is 0. The van der Waals surface area contributed by atoms with Crippen molar-refractivity contribution in [3.63, 3.8) is 0 Å². The average Bonchev–Trinajstić information content (AvgIpc) is 2.50. The molecule has 1 aliphatic rings. The van der Waals surface area contributed by atoms with Crippen molar-refractivity contribution in [1.29, 1.82) is 0 Å². The van der Waals surface area contributed by atoms with Crippen molar-refractivity contribution in [3.8, 4) is 0 Å². The van der Waals surface area contributed by atoms with Gasteiger partial charge in [-0.1, -0.05) is 50.9 Å². The molecule has 0 fully saturated rings. The number of unbranched alkanes of at least 4 members (excludes halogenated alkanes) is 1. The molecule has 1 aliphatic heterocycles. The Hall–Kier alpha value is -0.820. The number of fused-ring (bicyclic) bond motifs is 1. The first-order chi connectivity index (χ1) is 7.57. The minimum absolute atomic E-state index is 0.0510. The summed E-state index contributed by atoms with van der Waals surface area (Å²) in [5, 5.41) is 0.775. The first-order valence-corrected chi connectivity index (χ1v) is 6.32. The van der Waals surface area contributed by atoms with Gasteiger partial charge in [-0.3, -0.25) is 4.99 Å². The highest BCUT2D eigenvalue weighted by Crippen LogP contribution is 2.44. The van der Waals surface area contributed by atoms with Crippen molar-refractivity contribution >= 4 is 23.0 Å². The van der Waals surface area contributed by atoms with E-state index >= 15 is 0 Å². The Morgan fingerprint density at radius 2 is 2.06 bits per heavy atom. The molecule has 86 valence electrons. The van der Waals surface area contributed by atoms with Gasteiger partial charge in [0, 0.05) is 11.1 Å². The maximum atomic E-state index is 6.19. The third-order valence-electron chi connectivity index (χ3n) is 3.40. The van der Waals surface area contributed by atoms with Gasteiger partial charge >= 0.3 is 0 Å². The van der Waals surface area contributed by atoms with Crippen LogP contribution in [-0.4, -0.2) is 5.71 Å². The van der Waals surface area contributed by atoms with E-state index in [1.54, 1.807) is 0 Å². The fourth-order valence-electron chi connectivity index (χ4n) is 2.28. The average molecular weight is 236 g/mol. The molecule has 0 bridgehead atoms. The SMILES string of the molecule is CCCCC1=Nc2c(Cl)cccc2C1(C)C. The van der Waals surface area contributed by atoms with Crippen LogP contribution in [-0.2, 0) is 5.41 Å². The smallest absolute Gasteiger partial charge is 0.0856 e. The van der Waals surface area contributed by atoms with Crippen molar-refractivity contribution in [3.05, 3.63) is 28.8 Å². The van der Waals surface area contributed by atoms with Gasteiger partial charge < -0.3 is 0 Å². The zero-order valence-corrected chi connectivity index (χ0v) is 10.9. The lowest BCUT2D eigenvalue weighted by Gasteiger charge is -2.22. The van der Waals surface area contributed by atoms with Gasteiger partial charge in [-0.2, -0.15) is 0 Å². The highest BCUT2D eigenvalue weighted by molar-refractivity contribution is 6.33. The van der Waals surface area contributed by atoms with E-state index in [2.05, 4.69) is 26.8 Å². The van der Waals surface area contributed by atoms with Crippen molar-refractivity contribution in [2.24, 2.45) is 4.99 Å². The molecule has 0 spiro atoms. The summed E-state index contributed by atoms with van der Waals surface area (Å²) < 4.78 is 0. The Kier molecular flexibility index (Phi) is 3.07. The van der Waals surface area contributed by atoms with E-state index in [0.29, 0.717) is 0 Å². The van der Waals surface area contributed by atoms with Gasteiger partial charge in [-0.05, 0) is 24.5 Å². The summed E-state index contributed by atoms with van der Waals surface area (Å²) >= 11 is 6.19. The van der Waals surface area contributed by atoms with E-state index in [-0.39, 0.29) is 5.41 Å². The molecule has 0 aromatic heterocycles. The maximum Gasteiger partial charge on any atom is 0.0856 e. The molecule has 0 saturated carbocycles. The molecule has 1 aromatic rings. The molecule has 2 heteroatoms. The van der Waals surface area contributed by atoms with Crippen LogP contribution in [0, 0.1) is 0 Å². The number of benzene rings is 1. The number of aliphatic imine (C=N–C) groups is 1.